The van der Waals surface area contributed by atoms with E-state index in [1.165, 1.54) is 12.3 Å². The third-order valence-electron chi connectivity index (χ3n) is 2.97. The van der Waals surface area contributed by atoms with E-state index in [-0.39, 0.29) is 23.7 Å². The minimum Gasteiger partial charge on any atom is -0.444 e. The molecule has 0 aliphatic heterocycles. The van der Waals surface area contributed by atoms with E-state index in [0.717, 1.165) is 0 Å². The van der Waals surface area contributed by atoms with Crippen molar-refractivity contribution >= 4 is 33.7 Å². The van der Waals surface area contributed by atoms with Gasteiger partial charge in [-0.3, -0.25) is 14.8 Å². The third-order valence-corrected chi connectivity index (χ3v) is 3.40. The zero-order chi connectivity index (χ0) is 18.4. The summed E-state index contributed by atoms with van der Waals surface area (Å²) in [6.07, 6.45) is 3.00. The van der Waals surface area contributed by atoms with Gasteiger partial charge in [-0.05, 0) is 54.0 Å². The molecule has 7 nitrogen and oxygen atoms in total. The number of halogens is 1. The molecule has 0 saturated heterocycles. The fraction of sp³-hybridized carbons (Fsp3) is 0.235. The number of allylic oxidation sites excluding steroid dienone is 1. The number of carbonyl (C=O) groups excluding carboxylic acids is 1. The van der Waals surface area contributed by atoms with Crippen LogP contribution in [0.5, 0.6) is 0 Å². The van der Waals surface area contributed by atoms with Crippen LogP contribution >= 0.6 is 15.9 Å². The van der Waals surface area contributed by atoms with E-state index in [1.807, 2.05) is 0 Å². The first kappa shape index (κ1) is 18.9. The average Bonchev–Trinajstić information content (AvgIpc) is 2.99. The second-order valence-corrected chi connectivity index (χ2v) is 6.66. The van der Waals surface area contributed by atoms with Crippen LogP contribution in [-0.4, -0.2) is 34.4 Å². The number of furan rings is 1. The van der Waals surface area contributed by atoms with Gasteiger partial charge in [0.05, 0.1) is 29.2 Å². The van der Waals surface area contributed by atoms with Crippen LogP contribution in [-0.2, 0) is 0 Å². The van der Waals surface area contributed by atoms with Crippen molar-refractivity contribution in [3.05, 3.63) is 58.3 Å². The summed E-state index contributed by atoms with van der Waals surface area (Å²) >= 11 is 3.15. The highest BCUT2D eigenvalue weighted by Crippen LogP contribution is 2.15. The molecule has 25 heavy (non-hydrogen) atoms. The number of pyridine rings is 1. The van der Waals surface area contributed by atoms with E-state index in [2.05, 4.69) is 31.2 Å². The Kier molecular flexibility index (Phi) is 6.11. The Bertz CT molecular complexity index is 792. The molecule has 2 aromatic heterocycles. The summed E-state index contributed by atoms with van der Waals surface area (Å²) < 4.78 is 5.67. The van der Waals surface area contributed by atoms with Crippen LogP contribution < -0.4 is 11.1 Å². The minimum absolute atomic E-state index is 0.120. The molecule has 2 heterocycles. The van der Waals surface area contributed by atoms with Gasteiger partial charge < -0.3 is 20.6 Å². The van der Waals surface area contributed by atoms with Gasteiger partial charge in [0.25, 0.3) is 5.91 Å². The smallest absolute Gasteiger partial charge is 0.291 e. The van der Waals surface area contributed by atoms with E-state index in [4.69, 9.17) is 10.2 Å². The molecule has 1 amide bonds. The van der Waals surface area contributed by atoms with E-state index in [0.29, 0.717) is 10.4 Å². The van der Waals surface area contributed by atoms with E-state index >= 15 is 0 Å². The first-order chi connectivity index (χ1) is 11.8. The number of rotatable bonds is 6. The predicted octanol–water partition coefficient (Wildman–Crippen LogP) is 2.34. The van der Waals surface area contributed by atoms with Gasteiger partial charge in [0, 0.05) is 12.4 Å². The maximum atomic E-state index is 12.3. The number of nitrogens with one attached hydrogen (secondary N) is 1. The van der Waals surface area contributed by atoms with Gasteiger partial charge in [-0.15, -0.1) is 0 Å². The summed E-state index contributed by atoms with van der Waals surface area (Å²) in [7, 11) is 0. The van der Waals surface area contributed by atoms with E-state index in [9.17, 15) is 9.90 Å². The standard InChI is InChI=1S/C17H19BrN4O3/c1-17(2,24)10-20-9-12(15(19)11-5-3-4-8-21-11)22-16(23)13-6-7-14(18)25-13/h3-9,24H,10,19H2,1-2H3,(H,22,23). The van der Waals surface area contributed by atoms with Gasteiger partial charge in [0.15, 0.2) is 10.4 Å². The highest BCUT2D eigenvalue weighted by Gasteiger charge is 2.15. The first-order valence-electron chi connectivity index (χ1n) is 7.46. The van der Waals surface area contributed by atoms with Crippen LogP contribution in [0, 0.1) is 0 Å². The molecule has 0 saturated carbocycles. The number of amides is 1. The monoisotopic (exact) mass is 406 g/mol. The number of aliphatic hydroxyl groups is 1. The van der Waals surface area contributed by atoms with Crippen molar-refractivity contribution in [2.75, 3.05) is 6.54 Å². The van der Waals surface area contributed by atoms with E-state index < -0.39 is 11.5 Å². The molecule has 2 aromatic rings. The lowest BCUT2D eigenvalue weighted by Gasteiger charge is -2.14. The van der Waals surface area contributed by atoms with Crippen LogP contribution in [0.4, 0.5) is 0 Å². The number of aromatic nitrogens is 1. The second-order valence-electron chi connectivity index (χ2n) is 5.88. The molecule has 0 atom stereocenters. The van der Waals surface area contributed by atoms with Crippen LogP contribution in [0.15, 0.2) is 56.3 Å². The molecule has 0 bridgehead atoms. The fourth-order valence-electron chi connectivity index (χ4n) is 1.81. The molecule has 0 aromatic carbocycles. The summed E-state index contributed by atoms with van der Waals surface area (Å²) in [5.41, 5.74) is 6.16. The summed E-state index contributed by atoms with van der Waals surface area (Å²) in [6.45, 7) is 3.41. The van der Waals surface area contributed by atoms with Gasteiger partial charge in [-0.2, -0.15) is 0 Å². The van der Waals surface area contributed by atoms with Crippen molar-refractivity contribution in [3.63, 3.8) is 0 Å². The molecule has 0 unspecified atom stereocenters. The van der Waals surface area contributed by atoms with Crippen LogP contribution in [0.3, 0.4) is 0 Å². The largest absolute Gasteiger partial charge is 0.444 e. The molecule has 0 aliphatic rings. The number of aliphatic imine (C=N–C) groups is 1. The van der Waals surface area contributed by atoms with Crippen molar-refractivity contribution in [1.29, 1.82) is 0 Å². The molecular weight excluding hydrogens is 388 g/mol. The molecule has 0 spiro atoms. The highest BCUT2D eigenvalue weighted by atomic mass is 79.9. The molecule has 4 N–H and O–H groups in total. The van der Waals surface area contributed by atoms with Gasteiger partial charge in [0.1, 0.15) is 0 Å². The topological polar surface area (TPSA) is 114 Å². The highest BCUT2D eigenvalue weighted by molar-refractivity contribution is 9.10. The van der Waals surface area contributed by atoms with Gasteiger partial charge in [-0.25, -0.2) is 0 Å². The summed E-state index contributed by atoms with van der Waals surface area (Å²) in [5.74, 6) is -0.358. The Hall–Kier alpha value is -2.45. The van der Waals surface area contributed by atoms with Crippen molar-refractivity contribution in [2.45, 2.75) is 19.4 Å². The zero-order valence-electron chi connectivity index (χ0n) is 13.9. The van der Waals surface area contributed by atoms with Crippen LogP contribution in [0.25, 0.3) is 5.70 Å². The summed E-state index contributed by atoms with van der Waals surface area (Å²) in [6, 6.07) is 8.41. The van der Waals surface area contributed by atoms with Crippen LogP contribution in [0.2, 0.25) is 0 Å². The molecule has 0 radical (unpaired) electrons. The van der Waals surface area contributed by atoms with Crippen LogP contribution in [0.1, 0.15) is 30.1 Å². The Morgan fingerprint density at radius 3 is 2.76 bits per heavy atom. The number of nitrogens with two attached hydrogens (primary N) is 1. The van der Waals surface area contributed by atoms with Crippen molar-refractivity contribution < 1.29 is 14.3 Å². The maximum Gasteiger partial charge on any atom is 0.291 e. The average molecular weight is 407 g/mol. The molecular formula is C17H19BrN4O3. The first-order valence-corrected chi connectivity index (χ1v) is 8.25. The fourth-order valence-corrected chi connectivity index (χ4v) is 2.12. The van der Waals surface area contributed by atoms with Crippen molar-refractivity contribution in [2.24, 2.45) is 10.7 Å². The van der Waals surface area contributed by atoms with Crippen molar-refractivity contribution in [1.82, 2.24) is 10.3 Å². The number of nitrogens with zero attached hydrogens (tertiary/aromatic N) is 2. The Labute approximate surface area is 153 Å². The molecule has 8 heteroatoms. The Morgan fingerprint density at radius 1 is 1.44 bits per heavy atom. The number of hydrogen-bond acceptors (Lipinski definition) is 6. The summed E-state index contributed by atoms with van der Waals surface area (Å²) in [4.78, 5) is 20.6. The second kappa shape index (κ2) is 8.09. The van der Waals surface area contributed by atoms with Gasteiger partial charge in [0.2, 0.25) is 0 Å². The predicted molar refractivity (Wildman–Crippen MR) is 98.9 cm³/mol. The molecule has 2 rings (SSSR count). The quantitative estimate of drug-likeness (QED) is 0.636. The molecule has 0 fully saturated rings. The summed E-state index contributed by atoms with van der Waals surface area (Å²) in [5, 5.41) is 12.4. The Balaban J connectivity index is 2.30. The van der Waals surface area contributed by atoms with Crippen molar-refractivity contribution in [3.8, 4) is 0 Å². The normalized spacial score (nSPS) is 13.0. The van der Waals surface area contributed by atoms with E-state index in [1.54, 1.807) is 44.3 Å². The SMILES string of the molecule is CC(C)(O)CN=CC(NC(=O)c1ccc(Br)o1)=C(N)c1ccccn1. The van der Waals surface area contributed by atoms with Gasteiger partial charge in [-0.1, -0.05) is 6.07 Å². The number of carbonyl (C=O) groups is 1. The number of hydrogen-bond donors (Lipinski definition) is 3. The minimum atomic E-state index is -0.975. The maximum absolute atomic E-state index is 12.3. The molecule has 0 aliphatic carbocycles. The Morgan fingerprint density at radius 2 is 2.20 bits per heavy atom. The lowest BCUT2D eigenvalue weighted by atomic mass is 10.1. The lowest BCUT2D eigenvalue weighted by molar-refractivity contribution is 0.0906. The third kappa shape index (κ3) is 5.84. The zero-order valence-corrected chi connectivity index (χ0v) is 15.4. The lowest BCUT2D eigenvalue weighted by Crippen LogP contribution is -2.27. The molecule has 132 valence electrons. The van der Waals surface area contributed by atoms with Gasteiger partial charge >= 0.3 is 0 Å².